The lowest BCUT2D eigenvalue weighted by Gasteiger charge is -2.02. The fraction of sp³-hybridized carbons (Fsp3) is 0.200. The molecule has 0 aliphatic rings. The van der Waals surface area contributed by atoms with Gasteiger partial charge < -0.3 is 0 Å². The Hall–Kier alpha value is -0.360. The topological polar surface area (TPSA) is 60.2 Å². The number of sulfonamides is 1. The molecule has 0 unspecified atom stereocenters. The first kappa shape index (κ1) is 13.7. The monoisotopic (exact) mass is 323 g/mol. The number of hydrogen-bond donors (Lipinski definition) is 1. The van der Waals surface area contributed by atoms with Crippen LogP contribution in [0.15, 0.2) is 29.2 Å². The first-order valence-electron chi connectivity index (χ1n) is 4.50. The molecule has 0 bridgehead atoms. The highest BCUT2D eigenvalue weighted by Crippen LogP contribution is 2.22. The van der Waals surface area contributed by atoms with Gasteiger partial charge in [0.1, 0.15) is 4.90 Å². The van der Waals surface area contributed by atoms with Crippen molar-refractivity contribution in [3.8, 4) is 0 Å². The van der Waals surface area contributed by atoms with E-state index in [1.807, 2.05) is 12.2 Å². The number of benzene rings is 1. The first-order valence-corrected chi connectivity index (χ1v) is 7.54. The highest BCUT2D eigenvalue weighted by atomic mass is 79.9. The largest absolute Gasteiger partial charge is 0.239 e. The van der Waals surface area contributed by atoms with Gasteiger partial charge in [0.15, 0.2) is 0 Å². The summed E-state index contributed by atoms with van der Waals surface area (Å²) in [5.41, 5.74) is 0.846. The molecule has 0 aliphatic heterocycles. The van der Waals surface area contributed by atoms with Crippen molar-refractivity contribution < 1.29 is 8.42 Å². The number of rotatable bonds is 4. The Morgan fingerprint density at radius 1 is 1.44 bits per heavy atom. The molecule has 0 heterocycles. The Kier molecular flexibility index (Phi) is 4.98. The molecule has 1 aromatic carbocycles. The van der Waals surface area contributed by atoms with E-state index in [1.165, 1.54) is 6.07 Å². The highest BCUT2D eigenvalue weighted by molar-refractivity contribution is 9.09. The number of alkyl halides is 1. The second kappa shape index (κ2) is 5.82. The van der Waals surface area contributed by atoms with Crippen molar-refractivity contribution >= 4 is 43.6 Å². The fourth-order valence-corrected chi connectivity index (χ4v) is 2.50. The highest BCUT2D eigenvalue weighted by Gasteiger charge is 2.12. The van der Waals surface area contributed by atoms with Gasteiger partial charge in [-0.3, -0.25) is 0 Å². The van der Waals surface area contributed by atoms with Gasteiger partial charge in [0.25, 0.3) is 0 Å². The summed E-state index contributed by atoms with van der Waals surface area (Å²) in [5, 5.41) is 6.02. The number of halogens is 2. The number of primary sulfonamides is 1. The summed E-state index contributed by atoms with van der Waals surface area (Å²) in [6, 6.07) is 4.65. The molecule has 16 heavy (non-hydrogen) atoms. The van der Waals surface area contributed by atoms with Crippen LogP contribution in [0.4, 0.5) is 0 Å². The SMILES string of the molecule is NS(=O)(=O)c1ccc(C=CCCBr)cc1Cl. The number of nitrogens with two attached hydrogens (primary N) is 1. The average Bonchev–Trinajstić information content (AvgIpc) is 2.16. The van der Waals surface area contributed by atoms with Crippen LogP contribution in [-0.4, -0.2) is 13.7 Å². The van der Waals surface area contributed by atoms with Crippen LogP contribution in [0.3, 0.4) is 0 Å². The quantitative estimate of drug-likeness (QED) is 0.866. The molecule has 0 atom stereocenters. The van der Waals surface area contributed by atoms with E-state index in [9.17, 15) is 8.42 Å². The maximum absolute atomic E-state index is 11.1. The second-order valence-electron chi connectivity index (χ2n) is 3.11. The molecule has 0 aromatic heterocycles. The maximum Gasteiger partial charge on any atom is 0.239 e. The maximum atomic E-state index is 11.1. The van der Waals surface area contributed by atoms with Gasteiger partial charge in [-0.1, -0.05) is 45.7 Å². The Balaban J connectivity index is 3.01. The van der Waals surface area contributed by atoms with Gasteiger partial charge >= 0.3 is 0 Å². The van der Waals surface area contributed by atoms with Crippen molar-refractivity contribution in [1.29, 1.82) is 0 Å². The average molecular weight is 325 g/mol. The molecule has 0 spiro atoms. The smallest absolute Gasteiger partial charge is 0.225 e. The van der Waals surface area contributed by atoms with Crippen LogP contribution in [0.5, 0.6) is 0 Å². The molecule has 0 saturated heterocycles. The van der Waals surface area contributed by atoms with Crippen LogP contribution in [-0.2, 0) is 10.0 Å². The number of hydrogen-bond acceptors (Lipinski definition) is 2. The van der Waals surface area contributed by atoms with Gasteiger partial charge in [-0.05, 0) is 24.1 Å². The molecular formula is C10H11BrClNO2S. The van der Waals surface area contributed by atoms with Gasteiger partial charge in [-0.2, -0.15) is 0 Å². The van der Waals surface area contributed by atoms with E-state index in [0.717, 1.165) is 17.3 Å². The van der Waals surface area contributed by atoms with Gasteiger partial charge in [-0.25, -0.2) is 13.6 Å². The normalized spacial score (nSPS) is 12.2. The molecular weight excluding hydrogens is 314 g/mol. The zero-order chi connectivity index (χ0) is 12.2. The standard InChI is InChI=1S/C10H11BrClNO2S/c11-6-2-1-3-8-4-5-10(9(12)7-8)16(13,14)15/h1,3-5,7H,2,6H2,(H2,13,14,15). The lowest BCUT2D eigenvalue weighted by Crippen LogP contribution is -2.12. The van der Waals surface area contributed by atoms with E-state index < -0.39 is 10.0 Å². The lowest BCUT2D eigenvalue weighted by molar-refractivity contribution is 0.598. The Bertz CT molecular complexity index is 500. The molecule has 0 aliphatic carbocycles. The van der Waals surface area contributed by atoms with E-state index in [4.69, 9.17) is 16.7 Å². The third-order valence-electron chi connectivity index (χ3n) is 1.85. The van der Waals surface area contributed by atoms with Gasteiger partial charge in [0.05, 0.1) is 5.02 Å². The minimum Gasteiger partial charge on any atom is -0.225 e. The summed E-state index contributed by atoms with van der Waals surface area (Å²) in [7, 11) is -3.74. The molecule has 2 N–H and O–H groups in total. The predicted molar refractivity (Wildman–Crippen MR) is 70.3 cm³/mol. The molecule has 0 radical (unpaired) electrons. The minimum atomic E-state index is -3.74. The minimum absolute atomic E-state index is 0.0493. The van der Waals surface area contributed by atoms with Crippen LogP contribution >= 0.6 is 27.5 Å². The molecule has 3 nitrogen and oxygen atoms in total. The Morgan fingerprint density at radius 3 is 2.62 bits per heavy atom. The Labute approximate surface area is 108 Å². The molecule has 0 saturated carbocycles. The van der Waals surface area contributed by atoms with Crippen molar-refractivity contribution in [3.63, 3.8) is 0 Å². The lowest BCUT2D eigenvalue weighted by atomic mass is 10.2. The van der Waals surface area contributed by atoms with Gasteiger partial charge in [-0.15, -0.1) is 0 Å². The predicted octanol–water partition coefficient (Wildman–Crippen LogP) is 2.79. The van der Waals surface area contributed by atoms with Gasteiger partial charge in [0, 0.05) is 5.33 Å². The van der Waals surface area contributed by atoms with Crippen LogP contribution in [0.25, 0.3) is 6.08 Å². The molecule has 0 amide bonds. The molecule has 0 fully saturated rings. The van der Waals surface area contributed by atoms with E-state index >= 15 is 0 Å². The summed E-state index contributed by atoms with van der Waals surface area (Å²) in [5.74, 6) is 0. The van der Waals surface area contributed by atoms with Crippen LogP contribution in [0.1, 0.15) is 12.0 Å². The van der Waals surface area contributed by atoms with Crippen molar-refractivity contribution in [2.24, 2.45) is 5.14 Å². The molecule has 88 valence electrons. The van der Waals surface area contributed by atoms with Crippen LogP contribution < -0.4 is 5.14 Å². The van der Waals surface area contributed by atoms with E-state index in [2.05, 4.69) is 15.9 Å². The molecule has 6 heteroatoms. The van der Waals surface area contributed by atoms with E-state index in [-0.39, 0.29) is 9.92 Å². The van der Waals surface area contributed by atoms with Crippen LogP contribution in [0, 0.1) is 0 Å². The van der Waals surface area contributed by atoms with Crippen molar-refractivity contribution in [3.05, 3.63) is 34.9 Å². The summed E-state index contributed by atoms with van der Waals surface area (Å²) in [6.07, 6.45) is 4.74. The third kappa shape index (κ3) is 3.90. The first-order chi connectivity index (χ1) is 7.45. The van der Waals surface area contributed by atoms with E-state index in [1.54, 1.807) is 12.1 Å². The third-order valence-corrected chi connectivity index (χ3v) is 3.70. The second-order valence-corrected chi connectivity index (χ2v) is 5.84. The summed E-state index contributed by atoms with van der Waals surface area (Å²) in [4.78, 5) is -0.0493. The summed E-state index contributed by atoms with van der Waals surface area (Å²) in [6.45, 7) is 0. The number of allylic oxidation sites excluding steroid dienone is 1. The van der Waals surface area contributed by atoms with Gasteiger partial charge in [0.2, 0.25) is 10.0 Å². The molecule has 1 aromatic rings. The zero-order valence-corrected chi connectivity index (χ0v) is 11.5. The molecule has 1 rings (SSSR count). The summed E-state index contributed by atoms with van der Waals surface area (Å²) < 4.78 is 22.2. The van der Waals surface area contributed by atoms with E-state index in [0.29, 0.717) is 0 Å². The Morgan fingerprint density at radius 2 is 2.12 bits per heavy atom. The van der Waals surface area contributed by atoms with Crippen molar-refractivity contribution in [1.82, 2.24) is 0 Å². The van der Waals surface area contributed by atoms with Crippen molar-refractivity contribution in [2.75, 3.05) is 5.33 Å². The zero-order valence-electron chi connectivity index (χ0n) is 8.36. The summed E-state index contributed by atoms with van der Waals surface area (Å²) >= 11 is 9.13. The van der Waals surface area contributed by atoms with Crippen LogP contribution in [0.2, 0.25) is 5.02 Å². The fourth-order valence-electron chi connectivity index (χ4n) is 1.13. The van der Waals surface area contributed by atoms with Crippen molar-refractivity contribution in [2.45, 2.75) is 11.3 Å².